The second-order valence-electron chi connectivity index (χ2n) is 4.94. The molecule has 0 aromatic heterocycles. The van der Waals surface area contributed by atoms with E-state index in [0.29, 0.717) is 5.92 Å². The van der Waals surface area contributed by atoms with Crippen molar-refractivity contribution in [2.75, 3.05) is 12.4 Å². The lowest BCUT2D eigenvalue weighted by Crippen LogP contribution is -2.10. The maximum atomic E-state index is 11.3. The van der Waals surface area contributed by atoms with Crippen LogP contribution in [-0.4, -0.2) is 13.2 Å². The number of hydrogen-bond acceptors (Lipinski definition) is 2. The molecule has 3 nitrogen and oxygen atoms in total. The van der Waals surface area contributed by atoms with Gasteiger partial charge in [-0.15, -0.1) is 0 Å². The van der Waals surface area contributed by atoms with Crippen LogP contribution < -0.4 is 5.32 Å². The van der Waals surface area contributed by atoms with Crippen molar-refractivity contribution in [3.8, 4) is 11.1 Å². The molecule has 0 aliphatic rings. The maximum absolute atomic E-state index is 11.3. The summed E-state index contributed by atoms with van der Waals surface area (Å²) < 4.78 is 4.61. The van der Waals surface area contributed by atoms with E-state index in [-0.39, 0.29) is 0 Å². The Balaban J connectivity index is 2.39. The van der Waals surface area contributed by atoms with Crippen molar-refractivity contribution in [1.82, 2.24) is 0 Å². The largest absolute Gasteiger partial charge is 0.453 e. The summed E-state index contributed by atoms with van der Waals surface area (Å²) in [5.41, 5.74) is 4.30. The van der Waals surface area contributed by atoms with Crippen LogP contribution in [0.5, 0.6) is 0 Å². The molecular weight excluding hydrogens is 250 g/mol. The number of anilines is 1. The number of ether oxygens (including phenoxy) is 1. The van der Waals surface area contributed by atoms with Gasteiger partial charge in [0.25, 0.3) is 0 Å². The van der Waals surface area contributed by atoms with E-state index in [9.17, 15) is 4.79 Å². The second kappa shape index (κ2) is 6.24. The number of benzene rings is 2. The summed E-state index contributed by atoms with van der Waals surface area (Å²) >= 11 is 0. The Labute approximate surface area is 119 Å². The second-order valence-corrected chi connectivity index (χ2v) is 4.94. The average Bonchev–Trinajstić information content (AvgIpc) is 2.47. The van der Waals surface area contributed by atoms with Crippen LogP contribution in [-0.2, 0) is 4.74 Å². The van der Waals surface area contributed by atoms with Gasteiger partial charge in [-0.3, -0.25) is 5.32 Å². The van der Waals surface area contributed by atoms with Gasteiger partial charge in [-0.05, 0) is 34.7 Å². The van der Waals surface area contributed by atoms with E-state index in [4.69, 9.17) is 0 Å². The van der Waals surface area contributed by atoms with Gasteiger partial charge >= 0.3 is 6.09 Å². The molecule has 0 saturated carbocycles. The van der Waals surface area contributed by atoms with Crippen LogP contribution in [0.1, 0.15) is 25.3 Å². The monoisotopic (exact) mass is 269 g/mol. The van der Waals surface area contributed by atoms with Crippen molar-refractivity contribution < 1.29 is 9.53 Å². The fourth-order valence-corrected chi connectivity index (χ4v) is 2.20. The number of rotatable bonds is 3. The summed E-state index contributed by atoms with van der Waals surface area (Å²) in [6, 6.07) is 16.1. The molecule has 0 spiro atoms. The summed E-state index contributed by atoms with van der Waals surface area (Å²) in [7, 11) is 1.35. The minimum atomic E-state index is -0.459. The molecule has 0 unspecified atom stereocenters. The van der Waals surface area contributed by atoms with Crippen LogP contribution >= 0.6 is 0 Å². The third-order valence-corrected chi connectivity index (χ3v) is 3.19. The lowest BCUT2D eigenvalue weighted by Gasteiger charge is -2.13. The first-order chi connectivity index (χ1) is 9.61. The SMILES string of the molecule is COC(=O)Nc1cccc(-c2ccccc2C(C)C)c1. The first kappa shape index (κ1) is 14.1. The van der Waals surface area contributed by atoms with Crippen molar-refractivity contribution in [3.63, 3.8) is 0 Å². The van der Waals surface area contributed by atoms with E-state index < -0.39 is 6.09 Å². The summed E-state index contributed by atoms with van der Waals surface area (Å²) in [6.45, 7) is 4.35. The summed E-state index contributed by atoms with van der Waals surface area (Å²) in [5, 5.41) is 2.69. The van der Waals surface area contributed by atoms with Crippen LogP contribution in [0.4, 0.5) is 10.5 Å². The number of carbonyl (C=O) groups is 1. The molecular formula is C17H19NO2. The lowest BCUT2D eigenvalue weighted by molar-refractivity contribution is 0.187. The van der Waals surface area contributed by atoms with E-state index in [1.54, 1.807) is 0 Å². The van der Waals surface area contributed by atoms with Crippen LogP contribution in [0, 0.1) is 0 Å². The summed E-state index contributed by atoms with van der Waals surface area (Å²) in [5.74, 6) is 0.448. The minimum Gasteiger partial charge on any atom is -0.453 e. The average molecular weight is 269 g/mol. The highest BCUT2D eigenvalue weighted by molar-refractivity contribution is 5.86. The highest BCUT2D eigenvalue weighted by atomic mass is 16.5. The summed E-state index contributed by atoms with van der Waals surface area (Å²) in [6.07, 6.45) is -0.459. The van der Waals surface area contributed by atoms with Crippen LogP contribution in [0.3, 0.4) is 0 Å². The predicted molar refractivity (Wildman–Crippen MR) is 82.0 cm³/mol. The third kappa shape index (κ3) is 3.18. The standard InChI is InChI=1S/C17H19NO2/c1-12(2)15-9-4-5-10-16(15)13-7-6-8-14(11-13)18-17(19)20-3/h4-12H,1-3H3,(H,18,19). The molecule has 1 amide bonds. The van der Waals surface area contributed by atoms with Crippen LogP contribution in [0.15, 0.2) is 48.5 Å². The van der Waals surface area contributed by atoms with Gasteiger partial charge in [0.15, 0.2) is 0 Å². The van der Waals surface area contributed by atoms with Gasteiger partial charge in [0.1, 0.15) is 0 Å². The molecule has 0 fully saturated rings. The highest BCUT2D eigenvalue weighted by Gasteiger charge is 2.09. The third-order valence-electron chi connectivity index (χ3n) is 3.19. The van der Waals surface area contributed by atoms with E-state index in [2.05, 4.69) is 42.1 Å². The molecule has 2 aromatic rings. The zero-order valence-corrected chi connectivity index (χ0v) is 12.0. The Bertz CT molecular complexity index is 605. The molecule has 2 aromatic carbocycles. The van der Waals surface area contributed by atoms with Gasteiger partial charge in [0.05, 0.1) is 7.11 Å². The quantitative estimate of drug-likeness (QED) is 0.880. The van der Waals surface area contributed by atoms with Crippen LogP contribution in [0.2, 0.25) is 0 Å². The molecule has 0 heterocycles. The van der Waals surface area contributed by atoms with Gasteiger partial charge in [-0.1, -0.05) is 50.2 Å². The fraction of sp³-hybridized carbons (Fsp3) is 0.235. The molecule has 2 rings (SSSR count). The van der Waals surface area contributed by atoms with Crippen LogP contribution in [0.25, 0.3) is 11.1 Å². The van der Waals surface area contributed by atoms with E-state index >= 15 is 0 Å². The highest BCUT2D eigenvalue weighted by Crippen LogP contribution is 2.30. The molecule has 3 heteroatoms. The number of hydrogen-bond donors (Lipinski definition) is 1. The Kier molecular flexibility index (Phi) is 4.41. The molecule has 0 saturated heterocycles. The first-order valence-electron chi connectivity index (χ1n) is 6.66. The minimum absolute atomic E-state index is 0.448. The zero-order valence-electron chi connectivity index (χ0n) is 12.0. The van der Waals surface area contributed by atoms with Gasteiger partial charge in [-0.25, -0.2) is 4.79 Å². The number of carbonyl (C=O) groups excluding carboxylic acids is 1. The number of nitrogens with one attached hydrogen (secondary N) is 1. The first-order valence-corrected chi connectivity index (χ1v) is 6.66. The van der Waals surface area contributed by atoms with Gasteiger partial charge in [0, 0.05) is 5.69 Å². The molecule has 0 aliphatic carbocycles. The molecule has 1 N–H and O–H groups in total. The van der Waals surface area contributed by atoms with Gasteiger partial charge in [-0.2, -0.15) is 0 Å². The fourth-order valence-electron chi connectivity index (χ4n) is 2.20. The molecule has 104 valence electrons. The molecule has 0 atom stereocenters. The maximum Gasteiger partial charge on any atom is 0.411 e. The molecule has 0 radical (unpaired) electrons. The predicted octanol–water partition coefficient (Wildman–Crippen LogP) is 4.66. The molecule has 0 aliphatic heterocycles. The lowest BCUT2D eigenvalue weighted by atomic mass is 9.92. The Morgan fingerprint density at radius 1 is 1.10 bits per heavy atom. The Hall–Kier alpha value is -2.29. The van der Waals surface area contributed by atoms with Gasteiger partial charge < -0.3 is 4.74 Å². The number of methoxy groups -OCH3 is 1. The Morgan fingerprint density at radius 3 is 2.55 bits per heavy atom. The normalized spacial score (nSPS) is 10.4. The van der Waals surface area contributed by atoms with E-state index in [1.165, 1.54) is 18.2 Å². The van der Waals surface area contributed by atoms with Crippen molar-refractivity contribution in [2.45, 2.75) is 19.8 Å². The van der Waals surface area contributed by atoms with Crippen molar-refractivity contribution in [3.05, 3.63) is 54.1 Å². The molecule has 20 heavy (non-hydrogen) atoms. The van der Waals surface area contributed by atoms with Crippen molar-refractivity contribution in [2.24, 2.45) is 0 Å². The van der Waals surface area contributed by atoms with E-state index in [0.717, 1.165) is 11.3 Å². The smallest absolute Gasteiger partial charge is 0.411 e. The topological polar surface area (TPSA) is 38.3 Å². The zero-order chi connectivity index (χ0) is 14.5. The Morgan fingerprint density at radius 2 is 1.85 bits per heavy atom. The molecule has 0 bridgehead atoms. The van der Waals surface area contributed by atoms with Crippen molar-refractivity contribution >= 4 is 11.8 Å². The van der Waals surface area contributed by atoms with Crippen molar-refractivity contribution in [1.29, 1.82) is 0 Å². The number of amides is 1. The van der Waals surface area contributed by atoms with Gasteiger partial charge in [0.2, 0.25) is 0 Å². The summed E-state index contributed by atoms with van der Waals surface area (Å²) in [4.78, 5) is 11.3. The van der Waals surface area contributed by atoms with E-state index in [1.807, 2.05) is 30.3 Å².